The molecule has 19 heavy (non-hydrogen) atoms. The second-order valence-corrected chi connectivity index (χ2v) is 5.01. The van der Waals surface area contributed by atoms with Gasteiger partial charge in [-0.25, -0.2) is 0 Å². The minimum atomic E-state index is 0.421. The molecule has 0 saturated carbocycles. The first kappa shape index (κ1) is 13.7. The molecule has 102 valence electrons. The van der Waals surface area contributed by atoms with Gasteiger partial charge in [0.2, 0.25) is 0 Å². The molecule has 0 amide bonds. The van der Waals surface area contributed by atoms with E-state index in [1.165, 1.54) is 5.56 Å². The summed E-state index contributed by atoms with van der Waals surface area (Å²) in [4.78, 5) is 0. The third kappa shape index (κ3) is 3.38. The molecule has 1 aromatic heterocycles. The minimum absolute atomic E-state index is 0.421. The van der Waals surface area contributed by atoms with E-state index >= 15 is 0 Å². The molecule has 0 unspecified atom stereocenters. The van der Waals surface area contributed by atoms with E-state index in [0.29, 0.717) is 19.1 Å². The van der Waals surface area contributed by atoms with Gasteiger partial charge < -0.3 is 14.9 Å². The van der Waals surface area contributed by atoms with E-state index in [-0.39, 0.29) is 0 Å². The van der Waals surface area contributed by atoms with Gasteiger partial charge in [-0.1, -0.05) is 26.0 Å². The average molecular weight is 259 g/mol. The van der Waals surface area contributed by atoms with E-state index in [2.05, 4.69) is 26.0 Å². The maximum absolute atomic E-state index is 5.76. The van der Waals surface area contributed by atoms with Gasteiger partial charge in [0.1, 0.15) is 23.9 Å². The molecular weight excluding hydrogens is 238 g/mol. The highest BCUT2D eigenvalue weighted by Crippen LogP contribution is 2.21. The topological polar surface area (TPSA) is 48.4 Å². The van der Waals surface area contributed by atoms with Crippen LogP contribution in [0.5, 0.6) is 5.75 Å². The lowest BCUT2D eigenvalue weighted by Crippen LogP contribution is -1.96. The van der Waals surface area contributed by atoms with Gasteiger partial charge in [0, 0.05) is 5.56 Å². The highest BCUT2D eigenvalue weighted by molar-refractivity contribution is 5.29. The molecule has 0 saturated heterocycles. The molecule has 0 bridgehead atoms. The van der Waals surface area contributed by atoms with Crippen LogP contribution in [0.15, 0.2) is 34.7 Å². The number of benzene rings is 1. The predicted molar refractivity (Wildman–Crippen MR) is 76.2 cm³/mol. The zero-order valence-electron chi connectivity index (χ0n) is 11.8. The Morgan fingerprint density at radius 1 is 1.21 bits per heavy atom. The van der Waals surface area contributed by atoms with Gasteiger partial charge in [-0.2, -0.15) is 0 Å². The summed E-state index contributed by atoms with van der Waals surface area (Å²) in [5, 5.41) is 0. The van der Waals surface area contributed by atoms with Gasteiger partial charge in [-0.3, -0.25) is 0 Å². The van der Waals surface area contributed by atoms with Crippen LogP contribution in [0.1, 0.15) is 42.4 Å². The van der Waals surface area contributed by atoms with Crippen molar-refractivity contribution in [2.24, 2.45) is 5.73 Å². The largest absolute Gasteiger partial charge is 0.489 e. The van der Waals surface area contributed by atoms with Crippen LogP contribution in [0.4, 0.5) is 0 Å². The molecule has 3 heteroatoms. The molecule has 0 aliphatic carbocycles. The lowest BCUT2D eigenvalue weighted by atomic mass is 10.0. The molecule has 0 fully saturated rings. The molecule has 0 radical (unpaired) electrons. The number of ether oxygens (including phenoxy) is 1. The van der Waals surface area contributed by atoms with Crippen LogP contribution < -0.4 is 10.5 Å². The smallest absolute Gasteiger partial charge is 0.119 e. The van der Waals surface area contributed by atoms with Crippen LogP contribution in [0.2, 0.25) is 0 Å². The quantitative estimate of drug-likeness (QED) is 0.889. The molecule has 2 N–H and O–H groups in total. The van der Waals surface area contributed by atoms with Crippen molar-refractivity contribution in [3.8, 4) is 5.75 Å². The molecule has 1 heterocycles. The monoisotopic (exact) mass is 259 g/mol. The molecule has 0 spiro atoms. The molecule has 1 aromatic carbocycles. The number of rotatable bonds is 5. The first-order chi connectivity index (χ1) is 9.10. The van der Waals surface area contributed by atoms with Crippen molar-refractivity contribution in [2.45, 2.75) is 39.8 Å². The number of aryl methyl sites for hydroxylation is 1. The summed E-state index contributed by atoms with van der Waals surface area (Å²) in [6.45, 7) is 7.22. The van der Waals surface area contributed by atoms with Crippen molar-refractivity contribution in [3.05, 3.63) is 53.0 Å². The van der Waals surface area contributed by atoms with E-state index in [9.17, 15) is 0 Å². The molecular formula is C16H21NO2. The maximum Gasteiger partial charge on any atom is 0.119 e. The lowest BCUT2D eigenvalue weighted by Gasteiger charge is -2.08. The summed E-state index contributed by atoms with van der Waals surface area (Å²) in [5.41, 5.74) is 7.92. The zero-order chi connectivity index (χ0) is 13.8. The third-order valence-corrected chi connectivity index (χ3v) is 3.21. The number of hydrogen-bond acceptors (Lipinski definition) is 3. The van der Waals surface area contributed by atoms with E-state index in [0.717, 1.165) is 22.8 Å². The molecule has 3 nitrogen and oxygen atoms in total. The van der Waals surface area contributed by atoms with E-state index < -0.39 is 0 Å². The van der Waals surface area contributed by atoms with Gasteiger partial charge in [-0.05, 0) is 36.6 Å². The molecule has 0 aliphatic heterocycles. The first-order valence-corrected chi connectivity index (χ1v) is 6.61. The summed E-state index contributed by atoms with van der Waals surface area (Å²) >= 11 is 0. The van der Waals surface area contributed by atoms with Crippen LogP contribution >= 0.6 is 0 Å². The summed E-state index contributed by atoms with van der Waals surface area (Å²) in [5.74, 6) is 3.09. The molecule has 0 atom stereocenters. The fourth-order valence-corrected chi connectivity index (χ4v) is 1.94. The van der Waals surface area contributed by atoms with Gasteiger partial charge in [0.25, 0.3) is 0 Å². The highest BCUT2D eigenvalue weighted by atomic mass is 16.5. The normalized spacial score (nSPS) is 11.0. The van der Waals surface area contributed by atoms with Crippen molar-refractivity contribution >= 4 is 0 Å². The predicted octanol–water partition coefficient (Wildman–Crippen LogP) is 3.75. The van der Waals surface area contributed by atoms with Crippen molar-refractivity contribution in [3.63, 3.8) is 0 Å². The van der Waals surface area contributed by atoms with Gasteiger partial charge in [-0.15, -0.1) is 0 Å². The summed E-state index contributed by atoms with van der Waals surface area (Å²) in [6, 6.07) is 10.2. The molecule has 2 aromatic rings. The highest BCUT2D eigenvalue weighted by Gasteiger charge is 2.07. The standard InChI is InChI=1S/C16H21NO2/c1-11(2)13-4-6-15(7-5-13)18-10-14-8-16(9-17)19-12(14)3/h4-8,11H,9-10,17H2,1-3H3. The Hall–Kier alpha value is -1.74. The van der Waals surface area contributed by atoms with Crippen LogP contribution in [-0.2, 0) is 13.2 Å². The summed E-state index contributed by atoms with van der Waals surface area (Å²) in [6.07, 6.45) is 0. The third-order valence-electron chi connectivity index (χ3n) is 3.21. The number of furan rings is 1. The Labute approximate surface area is 114 Å². The van der Waals surface area contributed by atoms with Crippen molar-refractivity contribution < 1.29 is 9.15 Å². The fourth-order valence-electron chi connectivity index (χ4n) is 1.94. The van der Waals surface area contributed by atoms with Crippen LogP contribution in [0, 0.1) is 6.92 Å². The second-order valence-electron chi connectivity index (χ2n) is 5.01. The van der Waals surface area contributed by atoms with Crippen molar-refractivity contribution in [2.75, 3.05) is 0 Å². The zero-order valence-corrected chi connectivity index (χ0v) is 11.8. The van der Waals surface area contributed by atoms with Crippen LogP contribution in [0.3, 0.4) is 0 Å². The fraction of sp³-hybridized carbons (Fsp3) is 0.375. The number of nitrogens with two attached hydrogens (primary N) is 1. The van der Waals surface area contributed by atoms with Gasteiger partial charge >= 0.3 is 0 Å². The van der Waals surface area contributed by atoms with Crippen molar-refractivity contribution in [1.29, 1.82) is 0 Å². The summed E-state index contributed by atoms with van der Waals surface area (Å²) in [7, 11) is 0. The number of hydrogen-bond donors (Lipinski definition) is 1. The van der Waals surface area contributed by atoms with Crippen molar-refractivity contribution in [1.82, 2.24) is 0 Å². The Morgan fingerprint density at radius 3 is 2.42 bits per heavy atom. The summed E-state index contributed by atoms with van der Waals surface area (Å²) < 4.78 is 11.3. The Balaban J connectivity index is 1.99. The molecule has 0 aliphatic rings. The van der Waals surface area contributed by atoms with E-state index in [1.54, 1.807) is 0 Å². The van der Waals surface area contributed by atoms with E-state index in [1.807, 2.05) is 25.1 Å². The maximum atomic E-state index is 5.76. The second kappa shape index (κ2) is 5.93. The first-order valence-electron chi connectivity index (χ1n) is 6.61. The minimum Gasteiger partial charge on any atom is -0.489 e. The Kier molecular flexibility index (Phi) is 4.27. The Morgan fingerprint density at radius 2 is 1.89 bits per heavy atom. The average Bonchev–Trinajstić information content (AvgIpc) is 2.77. The van der Waals surface area contributed by atoms with Crippen LogP contribution in [0.25, 0.3) is 0 Å². The lowest BCUT2D eigenvalue weighted by molar-refractivity contribution is 0.303. The van der Waals surface area contributed by atoms with E-state index in [4.69, 9.17) is 14.9 Å². The SMILES string of the molecule is Cc1oc(CN)cc1COc1ccc(C(C)C)cc1. The Bertz CT molecular complexity index is 526. The molecule has 2 rings (SSSR count). The van der Waals surface area contributed by atoms with Gasteiger partial charge in [0.15, 0.2) is 0 Å². The van der Waals surface area contributed by atoms with Gasteiger partial charge in [0.05, 0.1) is 6.54 Å². The van der Waals surface area contributed by atoms with Crippen LogP contribution in [-0.4, -0.2) is 0 Å².